The number of hydrogen-bond donors (Lipinski definition) is 2. The van der Waals surface area contributed by atoms with Crippen LogP contribution >= 0.6 is 0 Å². The Morgan fingerprint density at radius 1 is 1.33 bits per heavy atom. The fourth-order valence-corrected chi connectivity index (χ4v) is 3.37. The fraction of sp³-hybridized carbons (Fsp3) is 1.00. The highest BCUT2D eigenvalue weighted by molar-refractivity contribution is 7.91. The highest BCUT2D eigenvalue weighted by Gasteiger charge is 2.23. The molecule has 5 heteroatoms. The van der Waals surface area contributed by atoms with Crippen molar-refractivity contribution >= 4 is 9.84 Å². The summed E-state index contributed by atoms with van der Waals surface area (Å²) in [7, 11) is -3.10. The molecule has 15 heavy (non-hydrogen) atoms. The molecule has 0 aromatic carbocycles. The minimum Gasteiger partial charge on any atom is -0.391 e. The minimum atomic E-state index is -3.10. The Bertz CT molecular complexity index is 283. The van der Waals surface area contributed by atoms with Gasteiger partial charge in [-0.05, 0) is 18.8 Å². The summed E-state index contributed by atoms with van der Waals surface area (Å²) < 4.78 is 23.0. The third kappa shape index (κ3) is 6.12. The molecule has 0 heterocycles. The molecule has 0 aliphatic heterocycles. The van der Waals surface area contributed by atoms with Crippen LogP contribution in [0.5, 0.6) is 0 Å². The first-order valence-corrected chi connectivity index (χ1v) is 7.33. The number of sulfone groups is 1. The largest absolute Gasteiger partial charge is 0.391 e. The van der Waals surface area contributed by atoms with Crippen LogP contribution in [0, 0.1) is 5.92 Å². The first kappa shape index (κ1) is 12.9. The summed E-state index contributed by atoms with van der Waals surface area (Å²) in [5.41, 5.74) is 0. The maximum Gasteiger partial charge on any atom is 0.153 e. The molecule has 1 fully saturated rings. The minimum absolute atomic E-state index is 0.120. The van der Waals surface area contributed by atoms with Crippen molar-refractivity contribution in [1.29, 1.82) is 0 Å². The molecule has 0 radical (unpaired) electrons. The van der Waals surface area contributed by atoms with E-state index in [-0.39, 0.29) is 17.4 Å². The summed E-state index contributed by atoms with van der Waals surface area (Å²) in [5.74, 6) is 0.164. The van der Waals surface area contributed by atoms with Gasteiger partial charge >= 0.3 is 0 Å². The van der Waals surface area contributed by atoms with Gasteiger partial charge in [-0.25, -0.2) is 8.42 Å². The van der Waals surface area contributed by atoms with Gasteiger partial charge in [0.2, 0.25) is 0 Å². The Kier molecular flexibility index (Phi) is 4.55. The highest BCUT2D eigenvalue weighted by atomic mass is 32.2. The van der Waals surface area contributed by atoms with Crippen LogP contribution in [0.1, 0.15) is 26.7 Å². The van der Waals surface area contributed by atoms with Crippen molar-refractivity contribution in [3.8, 4) is 0 Å². The lowest BCUT2D eigenvalue weighted by atomic mass is 10.3. The molecule has 1 aliphatic rings. The van der Waals surface area contributed by atoms with E-state index in [4.69, 9.17) is 0 Å². The van der Waals surface area contributed by atoms with Gasteiger partial charge in [-0.3, -0.25) is 0 Å². The normalized spacial score (nSPS) is 19.5. The quantitative estimate of drug-likeness (QED) is 0.660. The first-order chi connectivity index (χ1) is 6.89. The Morgan fingerprint density at radius 2 is 1.93 bits per heavy atom. The molecule has 1 saturated carbocycles. The van der Waals surface area contributed by atoms with Crippen LogP contribution in [0.15, 0.2) is 0 Å². The first-order valence-electron chi connectivity index (χ1n) is 5.51. The molecule has 0 spiro atoms. The zero-order chi connectivity index (χ0) is 11.5. The standard InChI is InChI=1S/C10H21NO3S/c1-8(2)6-15(13,14)7-10(12)5-11-9-3-4-9/h8-12H,3-7H2,1-2H3. The molecule has 1 rings (SSSR count). The van der Waals surface area contributed by atoms with Gasteiger partial charge in [0, 0.05) is 12.6 Å². The van der Waals surface area contributed by atoms with Crippen molar-refractivity contribution in [1.82, 2.24) is 5.32 Å². The van der Waals surface area contributed by atoms with Crippen LogP contribution in [0.25, 0.3) is 0 Å². The fourth-order valence-electron chi connectivity index (χ4n) is 1.52. The molecule has 0 bridgehead atoms. The van der Waals surface area contributed by atoms with Gasteiger partial charge in [0.25, 0.3) is 0 Å². The highest BCUT2D eigenvalue weighted by Crippen LogP contribution is 2.18. The molecule has 2 N–H and O–H groups in total. The topological polar surface area (TPSA) is 66.4 Å². The van der Waals surface area contributed by atoms with Crippen LogP contribution in [-0.4, -0.2) is 43.7 Å². The second-order valence-corrected chi connectivity index (χ2v) is 6.96. The number of rotatable bonds is 7. The van der Waals surface area contributed by atoms with Crippen LogP contribution in [0.3, 0.4) is 0 Å². The lowest BCUT2D eigenvalue weighted by Crippen LogP contribution is -2.34. The average Bonchev–Trinajstić information content (AvgIpc) is 2.79. The number of hydrogen-bond acceptors (Lipinski definition) is 4. The number of nitrogens with one attached hydrogen (secondary N) is 1. The predicted octanol–water partition coefficient (Wildman–Crippen LogP) is 0.170. The van der Waals surface area contributed by atoms with Crippen molar-refractivity contribution in [2.75, 3.05) is 18.1 Å². The summed E-state index contributed by atoms with van der Waals surface area (Å²) in [6.07, 6.45) is 1.52. The molecule has 1 aliphatic carbocycles. The van der Waals surface area contributed by atoms with Gasteiger partial charge < -0.3 is 10.4 Å². The Morgan fingerprint density at radius 3 is 2.40 bits per heavy atom. The van der Waals surface area contributed by atoms with E-state index in [1.54, 1.807) is 0 Å². The Balaban J connectivity index is 2.24. The average molecular weight is 235 g/mol. The van der Waals surface area contributed by atoms with Crippen LogP contribution < -0.4 is 5.32 Å². The zero-order valence-electron chi connectivity index (χ0n) is 9.44. The van der Waals surface area contributed by atoms with E-state index >= 15 is 0 Å². The lowest BCUT2D eigenvalue weighted by molar-refractivity contribution is 0.193. The van der Waals surface area contributed by atoms with Gasteiger partial charge in [0.05, 0.1) is 17.6 Å². The summed E-state index contributed by atoms with van der Waals surface area (Å²) in [6, 6.07) is 0.507. The van der Waals surface area contributed by atoms with Gasteiger partial charge in [-0.2, -0.15) is 0 Å². The van der Waals surface area contributed by atoms with Crippen LogP contribution in [-0.2, 0) is 9.84 Å². The van der Waals surface area contributed by atoms with Crippen molar-refractivity contribution in [3.05, 3.63) is 0 Å². The second kappa shape index (κ2) is 5.27. The second-order valence-electron chi connectivity index (χ2n) is 4.81. The van der Waals surface area contributed by atoms with Gasteiger partial charge in [-0.15, -0.1) is 0 Å². The molecular formula is C10H21NO3S. The molecule has 1 atom stereocenters. The van der Waals surface area contributed by atoms with Gasteiger partial charge in [0.15, 0.2) is 9.84 Å². The third-order valence-electron chi connectivity index (χ3n) is 2.25. The van der Waals surface area contributed by atoms with E-state index in [0.717, 1.165) is 12.8 Å². The number of aliphatic hydroxyl groups is 1. The lowest BCUT2D eigenvalue weighted by Gasteiger charge is -2.13. The SMILES string of the molecule is CC(C)CS(=O)(=O)CC(O)CNC1CC1. The van der Waals surface area contributed by atoms with Gasteiger partial charge in [-0.1, -0.05) is 13.8 Å². The van der Waals surface area contributed by atoms with Gasteiger partial charge in [0.1, 0.15) is 0 Å². The number of aliphatic hydroxyl groups excluding tert-OH is 1. The smallest absolute Gasteiger partial charge is 0.153 e. The van der Waals surface area contributed by atoms with Crippen molar-refractivity contribution in [2.24, 2.45) is 5.92 Å². The van der Waals surface area contributed by atoms with Crippen LogP contribution in [0.4, 0.5) is 0 Å². The van der Waals surface area contributed by atoms with Crippen molar-refractivity contribution in [2.45, 2.75) is 38.8 Å². The maximum atomic E-state index is 11.5. The summed E-state index contributed by atoms with van der Waals surface area (Å²) in [5, 5.41) is 12.7. The maximum absolute atomic E-state index is 11.5. The van der Waals surface area contributed by atoms with E-state index in [1.807, 2.05) is 13.8 Å². The Labute approximate surface area is 92.0 Å². The van der Waals surface area contributed by atoms with E-state index < -0.39 is 15.9 Å². The monoisotopic (exact) mass is 235 g/mol. The van der Waals surface area contributed by atoms with Crippen molar-refractivity contribution < 1.29 is 13.5 Å². The summed E-state index contributed by atoms with van der Waals surface area (Å²) in [6.45, 7) is 4.13. The Hall–Kier alpha value is -0.130. The third-order valence-corrected chi connectivity index (χ3v) is 4.32. The molecule has 0 aromatic heterocycles. The van der Waals surface area contributed by atoms with E-state index in [2.05, 4.69) is 5.32 Å². The molecule has 0 amide bonds. The molecule has 4 nitrogen and oxygen atoms in total. The predicted molar refractivity (Wildman–Crippen MR) is 60.5 cm³/mol. The molecule has 0 saturated heterocycles. The molecule has 1 unspecified atom stereocenters. The van der Waals surface area contributed by atoms with E-state index in [9.17, 15) is 13.5 Å². The molecular weight excluding hydrogens is 214 g/mol. The molecule has 0 aromatic rings. The molecule has 90 valence electrons. The summed E-state index contributed by atoms with van der Waals surface area (Å²) >= 11 is 0. The summed E-state index contributed by atoms with van der Waals surface area (Å²) in [4.78, 5) is 0. The van der Waals surface area contributed by atoms with Crippen LogP contribution in [0.2, 0.25) is 0 Å². The van der Waals surface area contributed by atoms with Crippen molar-refractivity contribution in [3.63, 3.8) is 0 Å². The zero-order valence-corrected chi connectivity index (χ0v) is 10.3. The van der Waals surface area contributed by atoms with E-state index in [1.165, 1.54) is 0 Å². The van der Waals surface area contributed by atoms with E-state index in [0.29, 0.717) is 12.6 Å².